The van der Waals surface area contributed by atoms with Crippen molar-refractivity contribution in [3.05, 3.63) is 58.0 Å². The first-order chi connectivity index (χ1) is 11.1. The molecule has 0 saturated carbocycles. The van der Waals surface area contributed by atoms with Gasteiger partial charge in [-0.3, -0.25) is 4.79 Å². The lowest BCUT2D eigenvalue weighted by Crippen LogP contribution is -2.12. The van der Waals surface area contributed by atoms with Gasteiger partial charge in [0.1, 0.15) is 5.01 Å². The lowest BCUT2D eigenvalue weighted by Gasteiger charge is -2.05. The molecule has 0 aliphatic heterocycles. The van der Waals surface area contributed by atoms with Crippen LogP contribution in [0.25, 0.3) is 11.3 Å². The quantitative estimate of drug-likeness (QED) is 0.680. The molecule has 0 N–H and O–H groups in total. The lowest BCUT2D eigenvalue weighted by molar-refractivity contribution is 0.0975. The number of aryl methyl sites for hydroxylation is 2. The van der Waals surface area contributed by atoms with E-state index >= 15 is 0 Å². The van der Waals surface area contributed by atoms with Crippen LogP contribution in [0.2, 0.25) is 0 Å². The summed E-state index contributed by atoms with van der Waals surface area (Å²) in [6.45, 7) is 3.81. The fraction of sp³-hybridized carbons (Fsp3) is 0.176. The van der Waals surface area contributed by atoms with E-state index in [0.29, 0.717) is 10.8 Å². The standard InChI is InChI=1S/C17H13N3O2S/c1-10-3-5-12(6-4-10)16-14(19-9-22-16)15(21)13(7-18)17-20-11(2)8-23-17/h3-6,8-9,13H,1-2H3/t13-/m1/s1. The molecule has 0 unspecified atom stereocenters. The van der Waals surface area contributed by atoms with E-state index in [1.807, 2.05) is 49.6 Å². The van der Waals surface area contributed by atoms with E-state index in [1.165, 1.54) is 17.7 Å². The predicted octanol–water partition coefficient (Wildman–Crippen LogP) is 3.91. The number of hydrogen-bond donors (Lipinski definition) is 0. The Balaban J connectivity index is 1.99. The first-order valence-electron chi connectivity index (χ1n) is 6.96. The van der Waals surface area contributed by atoms with Crippen LogP contribution in [0.15, 0.2) is 40.5 Å². The highest BCUT2D eigenvalue weighted by atomic mass is 32.1. The monoisotopic (exact) mass is 323 g/mol. The summed E-state index contributed by atoms with van der Waals surface area (Å²) in [5.41, 5.74) is 2.81. The van der Waals surface area contributed by atoms with Crippen LogP contribution in [0, 0.1) is 25.2 Å². The van der Waals surface area contributed by atoms with Crippen molar-refractivity contribution >= 4 is 17.1 Å². The molecule has 0 bridgehead atoms. The van der Waals surface area contributed by atoms with E-state index in [4.69, 9.17) is 4.42 Å². The van der Waals surface area contributed by atoms with Gasteiger partial charge in [0, 0.05) is 16.6 Å². The molecular weight excluding hydrogens is 310 g/mol. The van der Waals surface area contributed by atoms with Crippen LogP contribution in [-0.2, 0) is 0 Å². The normalized spacial score (nSPS) is 11.9. The van der Waals surface area contributed by atoms with Gasteiger partial charge in [-0.05, 0) is 13.8 Å². The number of hydrogen-bond acceptors (Lipinski definition) is 6. The van der Waals surface area contributed by atoms with Crippen molar-refractivity contribution < 1.29 is 9.21 Å². The van der Waals surface area contributed by atoms with Gasteiger partial charge in [0.25, 0.3) is 0 Å². The Hall–Kier alpha value is -2.78. The van der Waals surface area contributed by atoms with Gasteiger partial charge in [-0.15, -0.1) is 11.3 Å². The second-order valence-electron chi connectivity index (χ2n) is 5.15. The van der Waals surface area contributed by atoms with Crippen LogP contribution in [0.3, 0.4) is 0 Å². The van der Waals surface area contributed by atoms with Crippen LogP contribution in [0.1, 0.15) is 32.7 Å². The lowest BCUT2D eigenvalue weighted by atomic mass is 10.00. The fourth-order valence-corrected chi connectivity index (χ4v) is 3.04. The number of Topliss-reactive ketones (excluding diaryl/α,β-unsaturated/α-hetero) is 1. The number of aromatic nitrogens is 2. The van der Waals surface area contributed by atoms with Crippen molar-refractivity contribution in [2.75, 3.05) is 0 Å². The molecule has 0 aliphatic rings. The molecule has 3 rings (SSSR count). The molecular formula is C17H13N3O2S. The molecule has 2 heterocycles. The predicted molar refractivity (Wildman–Crippen MR) is 86.2 cm³/mol. The average Bonchev–Trinajstić information content (AvgIpc) is 3.18. The molecule has 0 amide bonds. The molecule has 114 valence electrons. The number of carbonyl (C=O) groups is 1. The maximum atomic E-state index is 12.7. The van der Waals surface area contributed by atoms with Crippen LogP contribution < -0.4 is 0 Å². The Kier molecular flexibility index (Phi) is 4.04. The van der Waals surface area contributed by atoms with Crippen molar-refractivity contribution in [3.8, 4) is 17.4 Å². The highest BCUT2D eigenvalue weighted by Gasteiger charge is 2.29. The second-order valence-corrected chi connectivity index (χ2v) is 6.04. The van der Waals surface area contributed by atoms with Gasteiger partial charge in [-0.25, -0.2) is 9.97 Å². The van der Waals surface area contributed by atoms with Crippen LogP contribution in [0.5, 0.6) is 0 Å². The van der Waals surface area contributed by atoms with Gasteiger partial charge < -0.3 is 4.42 Å². The zero-order chi connectivity index (χ0) is 16.4. The summed E-state index contributed by atoms with van der Waals surface area (Å²) in [7, 11) is 0. The highest BCUT2D eigenvalue weighted by Crippen LogP contribution is 2.29. The van der Waals surface area contributed by atoms with Crippen LogP contribution >= 0.6 is 11.3 Å². The van der Waals surface area contributed by atoms with Gasteiger partial charge in [0.2, 0.25) is 5.78 Å². The van der Waals surface area contributed by atoms with Gasteiger partial charge in [-0.2, -0.15) is 5.26 Å². The Labute approximate surface area is 137 Å². The molecule has 23 heavy (non-hydrogen) atoms. The summed E-state index contributed by atoms with van der Waals surface area (Å²) >= 11 is 1.30. The topological polar surface area (TPSA) is 79.8 Å². The molecule has 6 heteroatoms. The number of nitriles is 1. The minimum Gasteiger partial charge on any atom is -0.443 e. The third-order valence-corrected chi connectivity index (χ3v) is 4.42. The molecule has 0 radical (unpaired) electrons. The number of carbonyl (C=O) groups excluding carboxylic acids is 1. The summed E-state index contributed by atoms with van der Waals surface area (Å²) in [4.78, 5) is 21.0. The summed E-state index contributed by atoms with van der Waals surface area (Å²) in [5, 5.41) is 11.7. The minimum absolute atomic E-state index is 0.160. The van der Waals surface area contributed by atoms with Crippen molar-refractivity contribution in [2.45, 2.75) is 19.8 Å². The number of thiazole rings is 1. The average molecular weight is 323 g/mol. The zero-order valence-corrected chi connectivity index (χ0v) is 13.4. The van der Waals surface area contributed by atoms with Crippen molar-refractivity contribution in [3.63, 3.8) is 0 Å². The van der Waals surface area contributed by atoms with E-state index in [0.717, 1.165) is 16.8 Å². The van der Waals surface area contributed by atoms with Crippen LogP contribution in [0.4, 0.5) is 0 Å². The third-order valence-electron chi connectivity index (χ3n) is 3.39. The van der Waals surface area contributed by atoms with Crippen molar-refractivity contribution in [1.82, 2.24) is 9.97 Å². The maximum Gasteiger partial charge on any atom is 0.209 e. The number of oxazole rings is 1. The summed E-state index contributed by atoms with van der Waals surface area (Å²) < 4.78 is 5.39. The van der Waals surface area contributed by atoms with E-state index in [2.05, 4.69) is 9.97 Å². The largest absolute Gasteiger partial charge is 0.443 e. The molecule has 1 aromatic carbocycles. The summed E-state index contributed by atoms with van der Waals surface area (Å²) in [6, 6.07) is 9.61. The van der Waals surface area contributed by atoms with E-state index < -0.39 is 11.7 Å². The molecule has 2 aromatic heterocycles. The number of rotatable bonds is 4. The molecule has 0 spiro atoms. The van der Waals surface area contributed by atoms with Crippen LogP contribution in [-0.4, -0.2) is 15.8 Å². The van der Waals surface area contributed by atoms with E-state index in [-0.39, 0.29) is 5.69 Å². The number of nitrogens with zero attached hydrogens (tertiary/aromatic N) is 3. The fourth-order valence-electron chi connectivity index (χ4n) is 2.20. The van der Waals surface area contributed by atoms with Crippen molar-refractivity contribution in [1.29, 1.82) is 5.26 Å². The molecule has 3 aromatic rings. The highest BCUT2D eigenvalue weighted by molar-refractivity contribution is 7.10. The SMILES string of the molecule is Cc1ccc(-c2ocnc2C(=O)[C@@H](C#N)c2nc(C)cs2)cc1. The first-order valence-corrected chi connectivity index (χ1v) is 7.84. The Morgan fingerprint density at radius 2 is 2.04 bits per heavy atom. The van der Waals surface area contributed by atoms with Gasteiger partial charge in [0.05, 0.1) is 6.07 Å². The maximum absolute atomic E-state index is 12.7. The van der Waals surface area contributed by atoms with Gasteiger partial charge in [-0.1, -0.05) is 29.8 Å². The van der Waals surface area contributed by atoms with Gasteiger partial charge in [0.15, 0.2) is 23.8 Å². The Morgan fingerprint density at radius 3 is 2.65 bits per heavy atom. The number of benzene rings is 1. The second kappa shape index (κ2) is 6.15. The molecule has 1 atom stereocenters. The number of ketones is 1. The van der Waals surface area contributed by atoms with E-state index in [1.54, 1.807) is 0 Å². The molecule has 5 nitrogen and oxygen atoms in total. The van der Waals surface area contributed by atoms with E-state index in [9.17, 15) is 10.1 Å². The van der Waals surface area contributed by atoms with Crippen molar-refractivity contribution in [2.24, 2.45) is 0 Å². The third kappa shape index (κ3) is 2.91. The molecule has 0 aliphatic carbocycles. The minimum atomic E-state index is -0.969. The first kappa shape index (κ1) is 15.1. The smallest absolute Gasteiger partial charge is 0.209 e. The van der Waals surface area contributed by atoms with Gasteiger partial charge >= 0.3 is 0 Å². The Morgan fingerprint density at radius 1 is 1.30 bits per heavy atom. The summed E-state index contributed by atoms with van der Waals surface area (Å²) in [5.74, 6) is -0.988. The molecule has 0 saturated heterocycles. The zero-order valence-electron chi connectivity index (χ0n) is 12.6. The summed E-state index contributed by atoms with van der Waals surface area (Å²) in [6.07, 6.45) is 1.23. The Bertz CT molecular complexity index is 887. The molecule has 0 fully saturated rings.